The van der Waals surface area contributed by atoms with E-state index in [4.69, 9.17) is 5.73 Å². The Balaban J connectivity index is 0.00000180. The monoisotopic (exact) mass is 341 g/mol. The summed E-state index contributed by atoms with van der Waals surface area (Å²) in [5.41, 5.74) is 9.02. The molecule has 0 fully saturated rings. The lowest BCUT2D eigenvalue weighted by Crippen LogP contribution is -2.21. The van der Waals surface area contributed by atoms with Gasteiger partial charge in [-0.2, -0.15) is 0 Å². The Hall–Kier alpha value is -0.910. The molecule has 0 amide bonds. The number of hydrogen-bond acceptors (Lipinski definition) is 4. The molecule has 0 bridgehead atoms. The molecule has 3 nitrogen and oxygen atoms in total. The van der Waals surface area contributed by atoms with Crippen molar-refractivity contribution >= 4 is 34.0 Å². The topological polar surface area (TPSA) is 42.1 Å². The predicted octanol–water partition coefficient (Wildman–Crippen LogP) is 3.69. The molecule has 0 aliphatic rings. The number of halogens is 1. The average Bonchev–Trinajstić information content (AvgIpc) is 2.90. The van der Waals surface area contributed by atoms with E-state index in [9.17, 15) is 0 Å². The number of aromatic nitrogens is 1. The molecule has 19 heavy (non-hydrogen) atoms. The van der Waals surface area contributed by atoms with E-state index in [0.717, 1.165) is 29.4 Å². The second kappa shape index (κ2) is 7.62. The van der Waals surface area contributed by atoms with Gasteiger partial charge in [0.15, 0.2) is 0 Å². The standard InChI is InChI=1S/C14H19N3S.BrH/c1-3-17(4-2)12-7-5-11(6-8-12)13-10-18-14(9-15)16-13;/h5-8,10H,3-4,9,15H2,1-2H3;1H. The van der Waals surface area contributed by atoms with Crippen molar-refractivity contribution in [3.05, 3.63) is 34.7 Å². The van der Waals surface area contributed by atoms with Gasteiger partial charge in [0.25, 0.3) is 0 Å². The zero-order valence-electron chi connectivity index (χ0n) is 11.3. The van der Waals surface area contributed by atoms with Crippen molar-refractivity contribution in [2.45, 2.75) is 20.4 Å². The van der Waals surface area contributed by atoms with Crippen LogP contribution in [0.15, 0.2) is 29.6 Å². The van der Waals surface area contributed by atoms with Crippen LogP contribution in [-0.2, 0) is 6.54 Å². The molecule has 0 unspecified atom stereocenters. The first kappa shape index (κ1) is 16.1. The van der Waals surface area contributed by atoms with E-state index in [1.165, 1.54) is 5.69 Å². The summed E-state index contributed by atoms with van der Waals surface area (Å²) in [6, 6.07) is 8.57. The van der Waals surface area contributed by atoms with E-state index >= 15 is 0 Å². The van der Waals surface area contributed by atoms with Crippen LogP contribution in [0.3, 0.4) is 0 Å². The molecule has 0 aliphatic heterocycles. The molecule has 5 heteroatoms. The van der Waals surface area contributed by atoms with E-state index in [-0.39, 0.29) is 17.0 Å². The summed E-state index contributed by atoms with van der Waals surface area (Å²) < 4.78 is 0. The molecule has 1 aromatic carbocycles. The van der Waals surface area contributed by atoms with Crippen molar-refractivity contribution in [2.75, 3.05) is 18.0 Å². The molecular weight excluding hydrogens is 322 g/mol. The van der Waals surface area contributed by atoms with Crippen LogP contribution >= 0.6 is 28.3 Å². The van der Waals surface area contributed by atoms with Gasteiger partial charge in [-0.3, -0.25) is 0 Å². The van der Waals surface area contributed by atoms with Gasteiger partial charge in [-0.1, -0.05) is 12.1 Å². The summed E-state index contributed by atoms with van der Waals surface area (Å²) in [5, 5.41) is 3.05. The van der Waals surface area contributed by atoms with Gasteiger partial charge in [0.2, 0.25) is 0 Å². The van der Waals surface area contributed by atoms with Crippen LogP contribution in [-0.4, -0.2) is 18.1 Å². The lowest BCUT2D eigenvalue weighted by Gasteiger charge is -2.20. The second-order valence-electron chi connectivity index (χ2n) is 4.05. The molecule has 0 aliphatic carbocycles. The highest BCUT2D eigenvalue weighted by molar-refractivity contribution is 8.93. The Morgan fingerprint density at radius 1 is 1.16 bits per heavy atom. The predicted molar refractivity (Wildman–Crippen MR) is 89.3 cm³/mol. The van der Waals surface area contributed by atoms with Crippen LogP contribution in [0.4, 0.5) is 5.69 Å². The lowest BCUT2D eigenvalue weighted by atomic mass is 10.1. The van der Waals surface area contributed by atoms with Crippen molar-refractivity contribution in [3.63, 3.8) is 0 Å². The Morgan fingerprint density at radius 2 is 1.79 bits per heavy atom. The van der Waals surface area contributed by atoms with Gasteiger partial charge in [0.1, 0.15) is 5.01 Å². The van der Waals surface area contributed by atoms with Crippen molar-refractivity contribution in [1.82, 2.24) is 4.98 Å². The molecule has 1 aromatic heterocycles. The fraction of sp³-hybridized carbons (Fsp3) is 0.357. The Kier molecular flexibility index (Phi) is 6.48. The third kappa shape index (κ3) is 3.78. The van der Waals surface area contributed by atoms with Crippen molar-refractivity contribution < 1.29 is 0 Å². The zero-order chi connectivity index (χ0) is 13.0. The summed E-state index contributed by atoms with van der Waals surface area (Å²) >= 11 is 1.62. The Labute approximate surface area is 129 Å². The van der Waals surface area contributed by atoms with E-state index < -0.39 is 0 Å². The number of rotatable bonds is 5. The minimum absolute atomic E-state index is 0. The molecule has 2 rings (SSSR count). The van der Waals surface area contributed by atoms with Crippen LogP contribution in [0.25, 0.3) is 11.3 Å². The molecule has 0 saturated heterocycles. The van der Waals surface area contributed by atoms with E-state index in [2.05, 4.69) is 53.4 Å². The SMILES string of the molecule is Br.CCN(CC)c1ccc(-c2csc(CN)n2)cc1. The highest BCUT2D eigenvalue weighted by Crippen LogP contribution is 2.24. The summed E-state index contributed by atoms with van der Waals surface area (Å²) in [6.45, 7) is 6.92. The van der Waals surface area contributed by atoms with Gasteiger partial charge in [-0.25, -0.2) is 4.98 Å². The van der Waals surface area contributed by atoms with Gasteiger partial charge in [-0.05, 0) is 26.0 Å². The summed E-state index contributed by atoms with van der Waals surface area (Å²) in [5.74, 6) is 0. The quantitative estimate of drug-likeness (QED) is 0.901. The van der Waals surface area contributed by atoms with Crippen LogP contribution in [0.5, 0.6) is 0 Å². The van der Waals surface area contributed by atoms with Gasteiger partial charge >= 0.3 is 0 Å². The third-order valence-electron chi connectivity index (χ3n) is 3.02. The van der Waals surface area contributed by atoms with Crippen LogP contribution in [0.1, 0.15) is 18.9 Å². The van der Waals surface area contributed by atoms with E-state index in [0.29, 0.717) is 6.54 Å². The maximum atomic E-state index is 5.58. The first-order valence-corrected chi connectivity index (χ1v) is 7.16. The molecule has 0 atom stereocenters. The fourth-order valence-corrected chi connectivity index (χ4v) is 2.65. The number of nitrogens with zero attached hydrogens (tertiary/aromatic N) is 2. The molecule has 0 radical (unpaired) electrons. The number of thiazole rings is 1. The smallest absolute Gasteiger partial charge is 0.107 e. The van der Waals surface area contributed by atoms with Gasteiger partial charge in [0, 0.05) is 36.3 Å². The normalized spacial score (nSPS) is 10.1. The molecular formula is C14H20BrN3S. The molecule has 1 heterocycles. The minimum atomic E-state index is 0. The van der Waals surface area contributed by atoms with Crippen LogP contribution < -0.4 is 10.6 Å². The maximum Gasteiger partial charge on any atom is 0.107 e. The lowest BCUT2D eigenvalue weighted by molar-refractivity contribution is 0.866. The van der Waals surface area contributed by atoms with Crippen LogP contribution in [0, 0.1) is 0 Å². The number of benzene rings is 1. The fourth-order valence-electron chi connectivity index (χ4n) is 1.97. The van der Waals surface area contributed by atoms with E-state index in [1.807, 2.05) is 0 Å². The molecule has 2 N–H and O–H groups in total. The average molecular weight is 342 g/mol. The van der Waals surface area contributed by atoms with Gasteiger partial charge < -0.3 is 10.6 Å². The van der Waals surface area contributed by atoms with Gasteiger partial charge in [0.05, 0.1) is 5.69 Å². The second-order valence-corrected chi connectivity index (χ2v) is 4.99. The summed E-state index contributed by atoms with van der Waals surface area (Å²) in [7, 11) is 0. The largest absolute Gasteiger partial charge is 0.372 e. The van der Waals surface area contributed by atoms with Crippen molar-refractivity contribution in [1.29, 1.82) is 0 Å². The summed E-state index contributed by atoms with van der Waals surface area (Å²) in [6.07, 6.45) is 0. The van der Waals surface area contributed by atoms with Gasteiger partial charge in [-0.15, -0.1) is 28.3 Å². The summed E-state index contributed by atoms with van der Waals surface area (Å²) in [4.78, 5) is 6.82. The zero-order valence-corrected chi connectivity index (χ0v) is 13.8. The van der Waals surface area contributed by atoms with Crippen molar-refractivity contribution in [3.8, 4) is 11.3 Å². The number of nitrogens with two attached hydrogens (primary N) is 1. The minimum Gasteiger partial charge on any atom is -0.372 e. The third-order valence-corrected chi connectivity index (χ3v) is 3.89. The Bertz CT molecular complexity index is 492. The van der Waals surface area contributed by atoms with Crippen LogP contribution in [0.2, 0.25) is 0 Å². The maximum absolute atomic E-state index is 5.58. The number of hydrogen-bond donors (Lipinski definition) is 1. The molecule has 0 saturated carbocycles. The van der Waals surface area contributed by atoms with E-state index in [1.54, 1.807) is 11.3 Å². The first-order chi connectivity index (χ1) is 8.78. The van der Waals surface area contributed by atoms with Crippen molar-refractivity contribution in [2.24, 2.45) is 5.73 Å². The molecule has 0 spiro atoms. The molecule has 104 valence electrons. The molecule has 2 aromatic rings. The highest BCUT2D eigenvalue weighted by Gasteiger charge is 2.05. The number of anilines is 1. The Morgan fingerprint density at radius 3 is 2.26 bits per heavy atom. The first-order valence-electron chi connectivity index (χ1n) is 6.28. The highest BCUT2D eigenvalue weighted by atomic mass is 79.9.